The Balaban J connectivity index is 1.83. The molecule has 0 radical (unpaired) electrons. The van der Waals surface area contributed by atoms with Crippen LogP contribution in [0.3, 0.4) is 0 Å². The van der Waals surface area contributed by atoms with Crippen molar-refractivity contribution in [2.24, 2.45) is 20.7 Å². The highest BCUT2D eigenvalue weighted by Crippen LogP contribution is 2.44. The summed E-state index contributed by atoms with van der Waals surface area (Å²) in [6, 6.07) is 0. The number of amidine groups is 1. The van der Waals surface area contributed by atoms with E-state index in [0.717, 1.165) is 0 Å². The van der Waals surface area contributed by atoms with Crippen LogP contribution >= 0.6 is 15.6 Å². The average molecular weight is 443 g/mol. The quantitative estimate of drug-likeness (QED) is 0.234. The van der Waals surface area contributed by atoms with Gasteiger partial charge < -0.3 is 40.1 Å². The van der Waals surface area contributed by atoms with Crippen LogP contribution in [-0.4, -0.2) is 90.9 Å². The molecule has 0 spiro atoms. The minimum atomic E-state index is -5.07. The molecule has 0 aromatic rings. The van der Waals surface area contributed by atoms with Crippen molar-refractivity contribution in [3.63, 3.8) is 0 Å². The zero-order chi connectivity index (χ0) is 20.9. The van der Waals surface area contributed by atoms with E-state index < -0.39 is 52.5 Å². The number of aliphatic imine (C=N–C) groups is 3. The van der Waals surface area contributed by atoms with E-state index >= 15 is 0 Å². The number of nitrogens with two attached hydrogens (primary N) is 1. The maximum atomic E-state index is 11.2. The minimum Gasteiger partial charge on any atom is -0.386 e. The first-order chi connectivity index (χ1) is 12.8. The number of hydrogen-bond donors (Lipinski definition) is 6. The Morgan fingerprint density at radius 3 is 2.64 bits per heavy atom. The van der Waals surface area contributed by atoms with E-state index in [9.17, 15) is 14.2 Å². The molecule has 0 aromatic heterocycles. The molecule has 0 saturated carbocycles. The van der Waals surface area contributed by atoms with Crippen LogP contribution in [0.5, 0.6) is 0 Å². The van der Waals surface area contributed by atoms with Gasteiger partial charge in [-0.05, 0) is 6.92 Å². The molecule has 0 aliphatic carbocycles. The summed E-state index contributed by atoms with van der Waals surface area (Å²) in [6.07, 6.45) is -4.76. The van der Waals surface area contributed by atoms with E-state index in [1.807, 2.05) is 0 Å². The fourth-order valence-corrected chi connectivity index (χ4v) is 3.90. The number of fused-ring (bicyclic) bond motifs is 1. The fourth-order valence-electron chi connectivity index (χ4n) is 2.98. The molecule has 1 fully saturated rings. The Bertz CT molecular complexity index is 819. The lowest BCUT2D eigenvalue weighted by atomic mass is 10.1. The molecule has 15 nitrogen and oxygen atoms in total. The maximum absolute atomic E-state index is 11.2. The molecule has 0 amide bonds. The molecule has 28 heavy (non-hydrogen) atoms. The van der Waals surface area contributed by atoms with Crippen molar-refractivity contribution >= 4 is 33.5 Å². The lowest BCUT2D eigenvalue weighted by Crippen LogP contribution is -2.54. The first kappa shape index (κ1) is 21.6. The largest absolute Gasteiger partial charge is 0.470 e. The van der Waals surface area contributed by atoms with Gasteiger partial charge in [-0.3, -0.25) is 14.0 Å². The minimum absolute atomic E-state index is 0.0548. The molecule has 1 saturated heterocycles. The zero-order valence-electron chi connectivity index (χ0n) is 14.3. The molecular weight excluding hydrogens is 424 g/mol. The van der Waals surface area contributed by atoms with Crippen LogP contribution < -0.4 is 5.73 Å². The summed E-state index contributed by atoms with van der Waals surface area (Å²) in [6.45, 7) is 0.732. The third kappa shape index (κ3) is 4.56. The van der Waals surface area contributed by atoms with Crippen LogP contribution in [0.25, 0.3) is 0 Å². The zero-order valence-corrected chi connectivity index (χ0v) is 16.1. The van der Waals surface area contributed by atoms with Gasteiger partial charge >= 0.3 is 15.6 Å². The van der Waals surface area contributed by atoms with Gasteiger partial charge in [0.2, 0.25) is 0 Å². The first-order valence-electron chi connectivity index (χ1n) is 7.78. The van der Waals surface area contributed by atoms with Gasteiger partial charge in [0, 0.05) is 0 Å². The Labute approximate surface area is 158 Å². The molecule has 17 heteroatoms. The van der Waals surface area contributed by atoms with E-state index in [0.29, 0.717) is 5.71 Å². The molecule has 5 atom stereocenters. The van der Waals surface area contributed by atoms with Gasteiger partial charge in [-0.1, -0.05) is 0 Å². The summed E-state index contributed by atoms with van der Waals surface area (Å²) in [4.78, 5) is 49.5. The summed E-state index contributed by atoms with van der Waals surface area (Å²) in [5.41, 5.74) is 5.16. The Kier molecular flexibility index (Phi) is 5.64. The molecule has 0 aromatic carbocycles. The van der Waals surface area contributed by atoms with E-state index in [4.69, 9.17) is 30.0 Å². The van der Waals surface area contributed by atoms with Crippen molar-refractivity contribution in [3.05, 3.63) is 0 Å². The predicted molar refractivity (Wildman–Crippen MR) is 92.2 cm³/mol. The third-order valence-corrected chi connectivity index (χ3v) is 5.14. The molecule has 3 rings (SSSR count). The number of phosphoric ester groups is 2. The smallest absolute Gasteiger partial charge is 0.386 e. The summed E-state index contributed by atoms with van der Waals surface area (Å²) < 4.78 is 36.6. The highest BCUT2D eigenvalue weighted by molar-refractivity contribution is 7.46. The standard InChI is InChI=1S/C11H19N5O10P2/c1-11(12)8-9(13-3-15-11)16(4-14-8)10-6(17)7(26-28(21,22)23)5(25-10)2-24-27(18,19)20/h3,5-7,10,17H,2,4,12H2,1H3,(H2,18,19,20)(H2,21,22,23)/t5-,6-,7-,10-,11?/m1/s1. The van der Waals surface area contributed by atoms with Crippen LogP contribution in [0.2, 0.25) is 0 Å². The number of aliphatic hydroxyl groups excluding tert-OH is 1. The Morgan fingerprint density at radius 2 is 2.04 bits per heavy atom. The van der Waals surface area contributed by atoms with Crippen molar-refractivity contribution in [1.82, 2.24) is 4.90 Å². The summed E-state index contributed by atoms with van der Waals surface area (Å²) >= 11 is 0. The van der Waals surface area contributed by atoms with Crippen molar-refractivity contribution < 1.29 is 47.6 Å². The van der Waals surface area contributed by atoms with E-state index in [2.05, 4.69) is 24.0 Å². The van der Waals surface area contributed by atoms with Gasteiger partial charge in [0.25, 0.3) is 0 Å². The van der Waals surface area contributed by atoms with E-state index in [1.54, 1.807) is 6.92 Å². The Morgan fingerprint density at radius 1 is 1.36 bits per heavy atom. The molecule has 0 bridgehead atoms. The number of ether oxygens (including phenoxy) is 1. The number of hydrogen-bond acceptors (Lipinski definition) is 11. The first-order valence-corrected chi connectivity index (χ1v) is 10.8. The third-order valence-electron chi connectivity index (χ3n) is 4.13. The van der Waals surface area contributed by atoms with Crippen molar-refractivity contribution in [2.75, 3.05) is 13.3 Å². The lowest BCUT2D eigenvalue weighted by Gasteiger charge is -2.31. The average Bonchev–Trinajstić information content (AvgIpc) is 3.07. The SMILES string of the molecule is CC1(N)N=CN=C2C1=NCN2[C@@H]1O[C@H](COP(=O)(O)O)[C@@H](OP(=O)(O)O)[C@H]1O. The Hall–Kier alpha value is -1.09. The van der Waals surface area contributed by atoms with Crippen molar-refractivity contribution in [2.45, 2.75) is 37.1 Å². The summed E-state index contributed by atoms with van der Waals surface area (Å²) in [5, 5.41) is 10.5. The molecule has 1 unspecified atom stereocenters. The topological polar surface area (TPSA) is 229 Å². The van der Waals surface area contributed by atoms with Crippen LogP contribution in [0.4, 0.5) is 0 Å². The van der Waals surface area contributed by atoms with Gasteiger partial charge in [-0.2, -0.15) is 0 Å². The van der Waals surface area contributed by atoms with Gasteiger partial charge in [0.05, 0.1) is 6.61 Å². The number of nitrogens with zero attached hydrogens (tertiary/aromatic N) is 4. The molecule has 3 aliphatic heterocycles. The van der Waals surface area contributed by atoms with E-state index in [1.165, 1.54) is 11.2 Å². The van der Waals surface area contributed by atoms with Crippen LogP contribution in [0.15, 0.2) is 15.0 Å². The second-order valence-corrected chi connectivity index (χ2v) is 8.80. The highest BCUT2D eigenvalue weighted by Gasteiger charge is 2.53. The number of rotatable bonds is 6. The normalized spacial score (nSPS) is 35.8. The molecule has 3 heterocycles. The van der Waals surface area contributed by atoms with Crippen LogP contribution in [0.1, 0.15) is 6.92 Å². The van der Waals surface area contributed by atoms with Gasteiger partial charge in [0.1, 0.15) is 37.0 Å². The van der Waals surface area contributed by atoms with Crippen LogP contribution in [0, 0.1) is 0 Å². The molecule has 7 N–H and O–H groups in total. The monoisotopic (exact) mass is 443 g/mol. The lowest BCUT2D eigenvalue weighted by molar-refractivity contribution is -0.0680. The second kappa shape index (κ2) is 7.31. The van der Waals surface area contributed by atoms with Gasteiger partial charge in [0.15, 0.2) is 17.7 Å². The number of phosphoric acid groups is 2. The maximum Gasteiger partial charge on any atom is 0.470 e. The number of aliphatic hydroxyl groups is 1. The summed E-state index contributed by atoms with van der Waals surface area (Å²) in [7, 11) is -9.98. The van der Waals surface area contributed by atoms with Crippen molar-refractivity contribution in [3.8, 4) is 0 Å². The highest BCUT2D eigenvalue weighted by atomic mass is 31.2. The van der Waals surface area contributed by atoms with Crippen molar-refractivity contribution in [1.29, 1.82) is 0 Å². The van der Waals surface area contributed by atoms with E-state index in [-0.39, 0.29) is 12.5 Å². The van der Waals surface area contributed by atoms with Crippen LogP contribution in [-0.2, 0) is 22.9 Å². The fraction of sp³-hybridized carbons (Fsp3) is 0.727. The van der Waals surface area contributed by atoms with Gasteiger partial charge in [-0.15, -0.1) is 0 Å². The van der Waals surface area contributed by atoms with Gasteiger partial charge in [-0.25, -0.2) is 19.1 Å². The second-order valence-electron chi connectivity index (χ2n) is 6.37. The molecular formula is C11H19N5O10P2. The predicted octanol–water partition coefficient (Wildman–Crippen LogP) is -2.51. The molecule has 3 aliphatic rings. The molecule has 158 valence electrons. The summed E-state index contributed by atoms with van der Waals surface area (Å²) in [5.74, 6) is 0.232.